The molecule has 0 radical (unpaired) electrons. The number of anilines is 1. The molecular weight excluding hydrogens is 556 g/mol. The number of carbonyl (C=O) groups is 3. The van der Waals surface area contributed by atoms with Crippen LogP contribution in [0.15, 0.2) is 60.7 Å². The highest BCUT2D eigenvalue weighted by Gasteiger charge is 2.48. The number of thiazole rings is 1. The second kappa shape index (κ2) is 12.2. The monoisotopic (exact) mass is 588 g/mol. The number of fused-ring (bicyclic) bond motifs is 1. The summed E-state index contributed by atoms with van der Waals surface area (Å²) in [6.07, 6.45) is 3.94. The Morgan fingerprint density at radius 1 is 1.26 bits per heavy atom. The normalized spacial score (nSPS) is 19.0. The van der Waals surface area contributed by atoms with E-state index in [1.807, 2.05) is 6.92 Å². The first-order valence-electron chi connectivity index (χ1n) is 13.8. The Labute approximate surface area is 248 Å². The number of amides is 1. The van der Waals surface area contributed by atoms with Crippen LogP contribution in [0.3, 0.4) is 0 Å². The first-order valence-corrected chi connectivity index (χ1v) is 14.6. The van der Waals surface area contributed by atoms with Crippen LogP contribution in [-0.2, 0) is 20.7 Å². The van der Waals surface area contributed by atoms with Crippen molar-refractivity contribution < 1.29 is 33.7 Å². The number of rotatable bonds is 10. The number of aromatic nitrogens is 1. The lowest BCUT2D eigenvalue weighted by molar-refractivity contribution is -0.132. The minimum absolute atomic E-state index is 0.000988. The zero-order chi connectivity index (χ0) is 30.0. The molecule has 2 atom stereocenters. The van der Waals surface area contributed by atoms with Crippen molar-refractivity contribution in [3.8, 4) is 11.5 Å². The number of aliphatic hydroxyl groups is 1. The standard InChI is InChI=1S/C32H32N2O7S/c1-5-7-14-39-23-10-8-9-20(17-23)26-25(27(35)21-11-12-24-22(16-21)15-18(3)41-24)28(36)30(37)34(26)32-33-19(4)29(42-32)31(38)40-13-6-2/h6,8-12,16-18,26,35H,2,5,7,13-15H2,1,3-4H3/t18-,26+/m1/s1. The first-order chi connectivity index (χ1) is 20.2. The molecule has 9 nitrogen and oxygen atoms in total. The van der Waals surface area contributed by atoms with Crippen LogP contribution < -0.4 is 14.4 Å². The van der Waals surface area contributed by atoms with E-state index in [1.165, 1.54) is 11.0 Å². The lowest BCUT2D eigenvalue weighted by atomic mass is 9.94. The summed E-state index contributed by atoms with van der Waals surface area (Å²) in [5.41, 5.74) is 2.12. The third-order valence-electron chi connectivity index (χ3n) is 7.06. The molecule has 1 N–H and O–H groups in total. The molecule has 218 valence electrons. The summed E-state index contributed by atoms with van der Waals surface area (Å²) in [6.45, 7) is 9.74. The summed E-state index contributed by atoms with van der Waals surface area (Å²) in [6, 6.07) is 11.3. The lowest BCUT2D eigenvalue weighted by Crippen LogP contribution is -2.29. The van der Waals surface area contributed by atoms with Crippen LogP contribution in [0.25, 0.3) is 5.76 Å². The molecule has 2 aliphatic rings. The molecule has 2 aromatic carbocycles. The topological polar surface area (TPSA) is 115 Å². The maximum atomic E-state index is 13.6. The van der Waals surface area contributed by atoms with Crippen LogP contribution in [0.2, 0.25) is 0 Å². The smallest absolute Gasteiger partial charge is 0.350 e. The number of Topliss-reactive ketones (excluding diaryl/α,β-unsaturated/α-hetero) is 1. The first kappa shape index (κ1) is 29.1. The van der Waals surface area contributed by atoms with Crippen molar-refractivity contribution in [2.75, 3.05) is 18.1 Å². The Morgan fingerprint density at radius 2 is 2.07 bits per heavy atom. The number of ether oxygens (including phenoxy) is 3. The van der Waals surface area contributed by atoms with Gasteiger partial charge < -0.3 is 19.3 Å². The molecule has 5 rings (SSSR count). The van der Waals surface area contributed by atoms with Crippen LogP contribution in [0.1, 0.15) is 64.8 Å². The van der Waals surface area contributed by atoms with Crippen molar-refractivity contribution >= 4 is 39.9 Å². The van der Waals surface area contributed by atoms with Gasteiger partial charge in [-0.3, -0.25) is 14.5 Å². The zero-order valence-corrected chi connectivity index (χ0v) is 24.5. The van der Waals surface area contributed by atoms with E-state index >= 15 is 0 Å². The van der Waals surface area contributed by atoms with Crippen LogP contribution in [0.4, 0.5) is 5.13 Å². The van der Waals surface area contributed by atoms with Crippen molar-refractivity contribution in [2.45, 2.75) is 52.2 Å². The number of carbonyl (C=O) groups excluding carboxylic acids is 3. The van der Waals surface area contributed by atoms with Crippen LogP contribution in [-0.4, -0.2) is 47.1 Å². The van der Waals surface area contributed by atoms with E-state index in [0.29, 0.717) is 35.6 Å². The summed E-state index contributed by atoms with van der Waals surface area (Å²) < 4.78 is 16.9. The second-order valence-corrected chi connectivity index (χ2v) is 11.2. The number of esters is 1. The average Bonchev–Trinajstić information content (AvgIpc) is 3.63. The van der Waals surface area contributed by atoms with Gasteiger partial charge in [-0.1, -0.05) is 49.5 Å². The molecule has 1 amide bonds. The van der Waals surface area contributed by atoms with E-state index in [0.717, 1.165) is 35.5 Å². The molecule has 1 saturated heterocycles. The van der Waals surface area contributed by atoms with Gasteiger partial charge in [0.25, 0.3) is 5.78 Å². The number of aliphatic hydroxyl groups excluding tert-OH is 1. The van der Waals surface area contributed by atoms with Gasteiger partial charge in [-0.25, -0.2) is 9.78 Å². The quantitative estimate of drug-likeness (QED) is 0.0775. The van der Waals surface area contributed by atoms with E-state index in [9.17, 15) is 19.5 Å². The molecule has 0 spiro atoms. The number of nitrogens with zero attached hydrogens (tertiary/aromatic N) is 2. The summed E-state index contributed by atoms with van der Waals surface area (Å²) in [7, 11) is 0. The van der Waals surface area contributed by atoms with Crippen molar-refractivity contribution in [1.82, 2.24) is 4.98 Å². The largest absolute Gasteiger partial charge is 0.507 e. The average molecular weight is 589 g/mol. The van der Waals surface area contributed by atoms with Gasteiger partial charge in [0.1, 0.15) is 34.8 Å². The van der Waals surface area contributed by atoms with Gasteiger partial charge in [-0.15, -0.1) is 0 Å². The predicted molar refractivity (Wildman–Crippen MR) is 159 cm³/mol. The van der Waals surface area contributed by atoms with E-state index < -0.39 is 23.7 Å². The molecule has 3 heterocycles. The van der Waals surface area contributed by atoms with Gasteiger partial charge in [0, 0.05) is 12.0 Å². The number of aryl methyl sites for hydroxylation is 1. The van der Waals surface area contributed by atoms with Crippen molar-refractivity contribution in [2.24, 2.45) is 0 Å². The van der Waals surface area contributed by atoms with E-state index in [4.69, 9.17) is 14.2 Å². The fourth-order valence-electron chi connectivity index (χ4n) is 5.05. The Hall–Kier alpha value is -4.44. The Balaban J connectivity index is 1.63. The summed E-state index contributed by atoms with van der Waals surface area (Å²) in [5.74, 6) is -1.34. The van der Waals surface area contributed by atoms with Gasteiger partial charge >= 0.3 is 11.9 Å². The van der Waals surface area contributed by atoms with Crippen LogP contribution >= 0.6 is 11.3 Å². The maximum Gasteiger partial charge on any atom is 0.350 e. The Kier molecular flexibility index (Phi) is 8.44. The van der Waals surface area contributed by atoms with Crippen LogP contribution in [0, 0.1) is 6.92 Å². The molecule has 1 fully saturated rings. The number of hydrogen-bond acceptors (Lipinski definition) is 9. The number of benzene rings is 2. The Morgan fingerprint density at radius 3 is 2.83 bits per heavy atom. The van der Waals surface area contributed by atoms with Crippen molar-refractivity contribution in [3.63, 3.8) is 0 Å². The molecule has 0 unspecified atom stereocenters. The highest BCUT2D eigenvalue weighted by atomic mass is 32.1. The fourth-order valence-corrected chi connectivity index (χ4v) is 6.04. The number of hydrogen-bond donors (Lipinski definition) is 1. The molecule has 0 saturated carbocycles. The zero-order valence-electron chi connectivity index (χ0n) is 23.7. The minimum Gasteiger partial charge on any atom is -0.507 e. The maximum absolute atomic E-state index is 13.6. The molecule has 2 aliphatic heterocycles. The van der Waals surface area contributed by atoms with Crippen molar-refractivity contribution in [1.29, 1.82) is 0 Å². The van der Waals surface area contributed by atoms with Crippen molar-refractivity contribution in [3.05, 3.63) is 88.0 Å². The molecule has 3 aromatic rings. The van der Waals surface area contributed by atoms with Gasteiger partial charge in [0.2, 0.25) is 0 Å². The molecule has 0 aliphatic carbocycles. The van der Waals surface area contributed by atoms with E-state index in [2.05, 4.69) is 18.5 Å². The minimum atomic E-state index is -1.02. The molecule has 42 heavy (non-hydrogen) atoms. The summed E-state index contributed by atoms with van der Waals surface area (Å²) in [5, 5.41) is 11.7. The molecular formula is C32H32N2O7S. The summed E-state index contributed by atoms with van der Waals surface area (Å²) >= 11 is 0.948. The number of ketones is 1. The molecule has 10 heteroatoms. The molecule has 1 aromatic heterocycles. The number of unbranched alkanes of at least 4 members (excludes halogenated alkanes) is 1. The SMILES string of the molecule is C=CCOC(=O)c1sc(N2C(=O)C(=O)C(=C(O)c3ccc4c(c3)C[C@@H](C)O4)[C@@H]2c2cccc(OCCCC)c2)nc1C. The van der Waals surface area contributed by atoms with Gasteiger partial charge in [-0.2, -0.15) is 0 Å². The molecule has 0 bridgehead atoms. The van der Waals surface area contributed by atoms with Crippen LogP contribution in [0.5, 0.6) is 11.5 Å². The van der Waals surface area contributed by atoms with E-state index in [-0.39, 0.29) is 34.1 Å². The third kappa shape index (κ3) is 5.54. The predicted octanol–water partition coefficient (Wildman–Crippen LogP) is 5.92. The second-order valence-electron chi connectivity index (χ2n) is 10.2. The highest BCUT2D eigenvalue weighted by molar-refractivity contribution is 7.17. The third-order valence-corrected chi connectivity index (χ3v) is 8.20. The lowest BCUT2D eigenvalue weighted by Gasteiger charge is -2.23. The fraction of sp³-hybridized carbons (Fsp3) is 0.312. The summed E-state index contributed by atoms with van der Waals surface area (Å²) in [4.78, 5) is 45.9. The van der Waals surface area contributed by atoms with E-state index in [1.54, 1.807) is 49.4 Å². The van der Waals surface area contributed by atoms with Gasteiger partial charge in [-0.05, 0) is 61.7 Å². The van der Waals surface area contributed by atoms with Gasteiger partial charge in [0.15, 0.2) is 5.13 Å². The highest BCUT2D eigenvalue weighted by Crippen LogP contribution is 2.45. The Bertz CT molecular complexity index is 1590. The van der Waals surface area contributed by atoms with Gasteiger partial charge in [0.05, 0.1) is 23.9 Å².